The Balaban J connectivity index is 3.91. The summed E-state index contributed by atoms with van der Waals surface area (Å²) in [6, 6.07) is 2.34. The van der Waals surface area contributed by atoms with Crippen molar-refractivity contribution in [3.05, 3.63) is 0 Å². The Labute approximate surface area is 97.6 Å². The number of nitrogens with one attached hydrogen (secondary N) is 1. The predicted octanol–water partition coefficient (Wildman–Crippen LogP) is 2.04. The maximum absolute atomic E-state index is 9.09. The molecule has 0 aromatic heterocycles. The summed E-state index contributed by atoms with van der Waals surface area (Å²) in [6.45, 7) is 7.76. The summed E-state index contributed by atoms with van der Waals surface area (Å²) in [6.07, 6.45) is 0.867. The third-order valence-corrected chi connectivity index (χ3v) is 3.34. The number of ether oxygens (including phenoxy) is 1. The van der Waals surface area contributed by atoms with Crippen molar-refractivity contribution in [2.75, 3.05) is 26.0 Å². The molecule has 0 saturated carbocycles. The fourth-order valence-corrected chi connectivity index (χ4v) is 2.63. The summed E-state index contributed by atoms with van der Waals surface area (Å²) >= 11 is 1.85. The zero-order valence-electron chi connectivity index (χ0n) is 10.2. The quantitative estimate of drug-likeness (QED) is 0.648. The second-order valence-corrected chi connectivity index (χ2v) is 5.40. The third-order valence-electron chi connectivity index (χ3n) is 2.20. The Bertz CT molecular complexity index is 205. The third kappa shape index (κ3) is 6.77. The second kappa shape index (κ2) is 7.98. The highest BCUT2D eigenvalue weighted by molar-refractivity contribution is 7.99. The van der Waals surface area contributed by atoms with Gasteiger partial charge in [0.15, 0.2) is 0 Å². The van der Waals surface area contributed by atoms with Crippen LogP contribution >= 0.6 is 11.8 Å². The van der Waals surface area contributed by atoms with Gasteiger partial charge in [-0.1, -0.05) is 13.8 Å². The Hall–Kier alpha value is -0.240. The van der Waals surface area contributed by atoms with E-state index in [0.717, 1.165) is 25.3 Å². The zero-order chi connectivity index (χ0) is 11.7. The van der Waals surface area contributed by atoms with Crippen LogP contribution in [0.2, 0.25) is 0 Å². The first kappa shape index (κ1) is 14.8. The lowest BCUT2D eigenvalue weighted by atomic mass is 9.98. The van der Waals surface area contributed by atoms with Crippen LogP contribution in [0.5, 0.6) is 0 Å². The molecule has 0 heterocycles. The van der Waals surface area contributed by atoms with Gasteiger partial charge in [-0.3, -0.25) is 5.32 Å². The summed E-state index contributed by atoms with van der Waals surface area (Å²) in [5.41, 5.74) is -0.395. The molecule has 0 aliphatic carbocycles. The second-order valence-electron chi connectivity index (χ2n) is 3.85. The molecule has 2 atom stereocenters. The average molecular weight is 230 g/mol. The van der Waals surface area contributed by atoms with E-state index >= 15 is 0 Å². The van der Waals surface area contributed by atoms with Crippen LogP contribution in [0, 0.1) is 11.3 Å². The van der Waals surface area contributed by atoms with Gasteiger partial charge in [0.2, 0.25) is 0 Å². The summed E-state index contributed by atoms with van der Waals surface area (Å²) in [5, 5.41) is 12.8. The van der Waals surface area contributed by atoms with Gasteiger partial charge in [0.1, 0.15) is 5.54 Å². The molecule has 0 saturated heterocycles. The van der Waals surface area contributed by atoms with Crippen molar-refractivity contribution in [2.24, 2.45) is 0 Å². The lowest BCUT2D eigenvalue weighted by Gasteiger charge is -2.25. The van der Waals surface area contributed by atoms with Crippen molar-refractivity contribution in [2.45, 2.75) is 38.0 Å². The molecule has 2 unspecified atom stereocenters. The van der Waals surface area contributed by atoms with Gasteiger partial charge < -0.3 is 4.74 Å². The molecule has 0 amide bonds. The molecule has 0 aromatic carbocycles. The fourth-order valence-electron chi connectivity index (χ4n) is 1.51. The number of methoxy groups -OCH3 is 1. The molecule has 0 radical (unpaired) electrons. The van der Waals surface area contributed by atoms with Crippen molar-refractivity contribution in [3.8, 4) is 6.07 Å². The van der Waals surface area contributed by atoms with E-state index in [1.807, 2.05) is 25.6 Å². The number of thioether (sulfide) groups is 1. The molecule has 0 spiro atoms. The van der Waals surface area contributed by atoms with Crippen LogP contribution in [-0.2, 0) is 4.74 Å². The molecule has 88 valence electrons. The zero-order valence-corrected chi connectivity index (χ0v) is 11.0. The van der Waals surface area contributed by atoms with E-state index in [0.29, 0.717) is 5.25 Å². The number of nitrogens with zero attached hydrogens (tertiary/aromatic N) is 1. The van der Waals surface area contributed by atoms with Crippen LogP contribution in [0.25, 0.3) is 0 Å². The van der Waals surface area contributed by atoms with Gasteiger partial charge in [0.25, 0.3) is 0 Å². The lowest BCUT2D eigenvalue weighted by molar-refractivity contribution is 0.218. The summed E-state index contributed by atoms with van der Waals surface area (Å²) < 4.78 is 4.99. The average Bonchev–Trinajstić information content (AvgIpc) is 2.18. The standard InChI is InChI=1S/C11H22N2OS/c1-5-13-11(3,9-12)8-10(2)15-7-6-14-4/h10,13H,5-8H2,1-4H3. The molecule has 1 N–H and O–H groups in total. The first-order valence-electron chi connectivity index (χ1n) is 5.34. The molecule has 3 nitrogen and oxygen atoms in total. The van der Waals surface area contributed by atoms with E-state index in [1.165, 1.54) is 0 Å². The smallest absolute Gasteiger partial charge is 0.104 e. The minimum atomic E-state index is -0.395. The largest absolute Gasteiger partial charge is 0.384 e. The number of nitriles is 1. The van der Waals surface area contributed by atoms with Crippen LogP contribution in [-0.4, -0.2) is 36.8 Å². The van der Waals surface area contributed by atoms with Crippen molar-refractivity contribution < 1.29 is 4.74 Å². The van der Waals surface area contributed by atoms with Crippen LogP contribution in [0.3, 0.4) is 0 Å². The summed E-state index contributed by atoms with van der Waals surface area (Å²) in [7, 11) is 1.71. The van der Waals surface area contributed by atoms with E-state index < -0.39 is 5.54 Å². The molecular formula is C11H22N2OS. The first-order chi connectivity index (χ1) is 7.08. The van der Waals surface area contributed by atoms with Crippen molar-refractivity contribution in [3.63, 3.8) is 0 Å². The molecule has 0 fully saturated rings. The fraction of sp³-hybridized carbons (Fsp3) is 0.909. The molecule has 15 heavy (non-hydrogen) atoms. The Morgan fingerprint density at radius 1 is 1.60 bits per heavy atom. The SMILES string of the molecule is CCNC(C)(C#N)CC(C)SCCOC. The highest BCUT2D eigenvalue weighted by atomic mass is 32.2. The minimum absolute atomic E-state index is 0.395. The van der Waals surface area contributed by atoms with Gasteiger partial charge in [-0.25, -0.2) is 0 Å². The number of hydrogen-bond donors (Lipinski definition) is 1. The van der Waals surface area contributed by atoms with E-state index in [9.17, 15) is 0 Å². The van der Waals surface area contributed by atoms with Crippen LogP contribution in [0.1, 0.15) is 27.2 Å². The maximum atomic E-state index is 9.09. The minimum Gasteiger partial charge on any atom is -0.384 e. The molecule has 0 aliphatic rings. The number of hydrogen-bond acceptors (Lipinski definition) is 4. The normalized spacial score (nSPS) is 16.7. The Kier molecular flexibility index (Phi) is 7.85. The Morgan fingerprint density at radius 3 is 2.73 bits per heavy atom. The monoisotopic (exact) mass is 230 g/mol. The molecule has 0 rings (SSSR count). The topological polar surface area (TPSA) is 45.0 Å². The van der Waals surface area contributed by atoms with Gasteiger partial charge in [0.05, 0.1) is 12.7 Å². The lowest BCUT2D eigenvalue weighted by Crippen LogP contribution is -2.42. The molecule has 0 bridgehead atoms. The van der Waals surface area contributed by atoms with Crippen LogP contribution in [0.4, 0.5) is 0 Å². The van der Waals surface area contributed by atoms with Crippen molar-refractivity contribution >= 4 is 11.8 Å². The van der Waals surface area contributed by atoms with E-state index in [2.05, 4.69) is 18.3 Å². The predicted molar refractivity (Wildman–Crippen MR) is 66.1 cm³/mol. The van der Waals surface area contributed by atoms with Crippen LogP contribution < -0.4 is 5.32 Å². The number of rotatable bonds is 8. The molecule has 0 aliphatic heterocycles. The van der Waals surface area contributed by atoms with Gasteiger partial charge >= 0.3 is 0 Å². The van der Waals surface area contributed by atoms with Crippen molar-refractivity contribution in [1.82, 2.24) is 5.32 Å². The van der Waals surface area contributed by atoms with E-state index in [-0.39, 0.29) is 0 Å². The first-order valence-corrected chi connectivity index (χ1v) is 6.39. The van der Waals surface area contributed by atoms with Crippen LogP contribution in [0.15, 0.2) is 0 Å². The highest BCUT2D eigenvalue weighted by Crippen LogP contribution is 2.21. The highest BCUT2D eigenvalue weighted by Gasteiger charge is 2.24. The van der Waals surface area contributed by atoms with Crippen molar-refractivity contribution in [1.29, 1.82) is 5.26 Å². The summed E-state index contributed by atoms with van der Waals surface area (Å²) in [5.74, 6) is 0.991. The maximum Gasteiger partial charge on any atom is 0.104 e. The van der Waals surface area contributed by atoms with Gasteiger partial charge in [-0.2, -0.15) is 17.0 Å². The van der Waals surface area contributed by atoms with E-state index in [1.54, 1.807) is 7.11 Å². The summed E-state index contributed by atoms with van der Waals surface area (Å²) in [4.78, 5) is 0. The molecular weight excluding hydrogens is 208 g/mol. The van der Waals surface area contributed by atoms with Gasteiger partial charge in [-0.15, -0.1) is 0 Å². The Morgan fingerprint density at radius 2 is 2.27 bits per heavy atom. The van der Waals surface area contributed by atoms with Gasteiger partial charge in [0, 0.05) is 18.1 Å². The van der Waals surface area contributed by atoms with E-state index in [4.69, 9.17) is 10.00 Å². The van der Waals surface area contributed by atoms with Gasteiger partial charge in [-0.05, 0) is 19.9 Å². The molecule has 0 aromatic rings. The molecule has 4 heteroatoms.